The maximum absolute atomic E-state index is 2.45. The zero-order valence-electron chi connectivity index (χ0n) is 31.0. The molecule has 0 aromatic heterocycles. The molecule has 0 amide bonds. The van der Waals surface area contributed by atoms with Gasteiger partial charge in [0.05, 0.1) is 11.4 Å². The first-order valence-electron chi connectivity index (χ1n) is 19.1. The Morgan fingerprint density at radius 3 is 1.18 bits per heavy atom. The Morgan fingerprint density at radius 1 is 0.273 bits per heavy atom. The summed E-state index contributed by atoms with van der Waals surface area (Å²) in [7, 11) is 0. The Kier molecular flexibility index (Phi) is 8.00. The van der Waals surface area contributed by atoms with E-state index >= 15 is 0 Å². The zero-order valence-corrected chi connectivity index (χ0v) is 31.0. The van der Waals surface area contributed by atoms with Gasteiger partial charge in [0.2, 0.25) is 0 Å². The van der Waals surface area contributed by atoms with Crippen molar-refractivity contribution in [2.75, 3.05) is 4.90 Å². The van der Waals surface area contributed by atoms with Gasteiger partial charge in [-0.1, -0.05) is 170 Å². The smallest absolute Gasteiger partial charge is 0.0540 e. The van der Waals surface area contributed by atoms with E-state index in [-0.39, 0.29) is 0 Å². The first-order chi connectivity index (χ1) is 27.1. The Bertz CT molecular complexity index is 2900. The van der Waals surface area contributed by atoms with Crippen molar-refractivity contribution >= 4 is 60.2 Å². The predicted molar refractivity (Wildman–Crippen MR) is 237 cm³/mol. The number of hydrogen-bond donors (Lipinski definition) is 0. The number of rotatable bonds is 6. The van der Waals surface area contributed by atoms with Crippen molar-refractivity contribution in [3.63, 3.8) is 0 Å². The second-order valence-electron chi connectivity index (χ2n) is 14.6. The number of fused-ring (bicyclic) bond motifs is 4. The third kappa shape index (κ3) is 5.56. The second-order valence-corrected chi connectivity index (χ2v) is 14.6. The maximum Gasteiger partial charge on any atom is 0.0540 e. The minimum atomic E-state index is 1.12. The van der Waals surface area contributed by atoms with Gasteiger partial charge in [-0.15, -0.1) is 0 Å². The van der Waals surface area contributed by atoms with Crippen molar-refractivity contribution < 1.29 is 0 Å². The first-order valence-corrected chi connectivity index (χ1v) is 19.1. The van der Waals surface area contributed by atoms with Crippen LogP contribution in [0.2, 0.25) is 0 Å². The minimum absolute atomic E-state index is 1.12. The number of nitrogens with zero attached hydrogens (tertiary/aromatic N) is 1. The highest BCUT2D eigenvalue weighted by Crippen LogP contribution is 2.47. The van der Waals surface area contributed by atoms with E-state index in [0.29, 0.717) is 0 Å². The van der Waals surface area contributed by atoms with Gasteiger partial charge in [0.25, 0.3) is 0 Å². The van der Waals surface area contributed by atoms with E-state index in [0.717, 1.165) is 5.69 Å². The normalized spacial score (nSPS) is 11.5. The zero-order chi connectivity index (χ0) is 36.9. The number of aryl methyl sites for hydroxylation is 2. The van der Waals surface area contributed by atoms with E-state index < -0.39 is 0 Å². The summed E-state index contributed by atoms with van der Waals surface area (Å²) < 4.78 is 0. The van der Waals surface area contributed by atoms with Gasteiger partial charge in [0.15, 0.2) is 0 Å². The van der Waals surface area contributed by atoms with Crippen LogP contribution in [0.4, 0.5) is 17.1 Å². The Morgan fingerprint density at radius 2 is 0.673 bits per heavy atom. The van der Waals surface area contributed by atoms with Crippen LogP contribution in [0, 0.1) is 13.8 Å². The van der Waals surface area contributed by atoms with Gasteiger partial charge in [-0.2, -0.15) is 0 Å². The first kappa shape index (κ1) is 32.7. The molecule has 0 N–H and O–H groups in total. The van der Waals surface area contributed by atoms with Crippen molar-refractivity contribution in [1.82, 2.24) is 0 Å². The van der Waals surface area contributed by atoms with Crippen molar-refractivity contribution in [1.29, 1.82) is 0 Å². The number of hydrogen-bond acceptors (Lipinski definition) is 1. The molecule has 55 heavy (non-hydrogen) atoms. The Labute approximate surface area is 322 Å². The largest absolute Gasteiger partial charge is 0.309 e. The van der Waals surface area contributed by atoms with Crippen molar-refractivity contribution in [2.24, 2.45) is 0 Å². The quantitative estimate of drug-likeness (QED) is 0.156. The fraction of sp³-hybridized carbons (Fsp3) is 0.0370. The number of anilines is 3. The molecule has 0 radical (unpaired) electrons. The third-order valence-electron chi connectivity index (χ3n) is 11.3. The SMILES string of the molecule is Cc1ccc(N(c2ccc(-c3c4ccccc4c(-c4cccc(-c5ccccc5)c4)c4ccccc34)cc2)c2ccc(C)c3ccccc23)c2ccccc12. The standard InChI is InChI=1S/C54H39N/c1-36-27-33-51(45-21-8-6-19-43(36)45)55(52-34-28-37(2)44-20-7-9-22-46(44)52)42-31-29-39(30-32-42)53-47-23-10-12-25-49(47)54(50-26-13-11-24-48(50)53)41-18-14-17-40(35-41)38-15-4-3-5-16-38/h3-35H,1-2H3. The van der Waals surface area contributed by atoms with Crippen LogP contribution >= 0.6 is 0 Å². The van der Waals surface area contributed by atoms with Gasteiger partial charge < -0.3 is 4.90 Å². The summed E-state index contributed by atoms with van der Waals surface area (Å²) in [6.45, 7) is 4.40. The van der Waals surface area contributed by atoms with Crippen LogP contribution in [0.3, 0.4) is 0 Å². The summed E-state index contributed by atoms with van der Waals surface area (Å²) in [5.74, 6) is 0. The van der Waals surface area contributed by atoms with E-state index in [1.807, 2.05) is 0 Å². The fourth-order valence-corrected chi connectivity index (χ4v) is 8.68. The predicted octanol–water partition coefficient (Wildman–Crippen LogP) is 15.4. The van der Waals surface area contributed by atoms with Gasteiger partial charge in [0, 0.05) is 16.5 Å². The summed E-state index contributed by atoms with van der Waals surface area (Å²) in [4.78, 5) is 2.45. The van der Waals surface area contributed by atoms with Gasteiger partial charge in [-0.05, 0) is 121 Å². The molecule has 0 aliphatic carbocycles. The molecule has 0 aliphatic heterocycles. The monoisotopic (exact) mass is 701 g/mol. The minimum Gasteiger partial charge on any atom is -0.309 e. The molecule has 10 aromatic carbocycles. The highest BCUT2D eigenvalue weighted by molar-refractivity contribution is 6.21. The van der Waals surface area contributed by atoms with Crippen LogP contribution in [-0.4, -0.2) is 0 Å². The summed E-state index contributed by atoms with van der Waals surface area (Å²) >= 11 is 0. The topological polar surface area (TPSA) is 3.24 Å². The summed E-state index contributed by atoms with van der Waals surface area (Å²) in [5.41, 5.74) is 13.4. The molecule has 0 fully saturated rings. The average Bonchev–Trinajstić information content (AvgIpc) is 3.25. The van der Waals surface area contributed by atoms with Gasteiger partial charge in [0.1, 0.15) is 0 Å². The van der Waals surface area contributed by atoms with E-state index in [4.69, 9.17) is 0 Å². The molecule has 0 unspecified atom stereocenters. The summed E-state index contributed by atoms with van der Waals surface area (Å²) in [6.07, 6.45) is 0. The highest BCUT2D eigenvalue weighted by Gasteiger charge is 2.21. The van der Waals surface area contributed by atoms with Crippen molar-refractivity contribution in [3.05, 3.63) is 211 Å². The molecule has 0 saturated carbocycles. The molecule has 0 aliphatic rings. The lowest BCUT2D eigenvalue weighted by molar-refractivity contribution is 1.30. The second kappa shape index (κ2) is 13.5. The number of benzene rings is 10. The van der Waals surface area contributed by atoms with Crippen LogP contribution in [0.1, 0.15) is 11.1 Å². The van der Waals surface area contributed by atoms with Crippen LogP contribution in [0.15, 0.2) is 200 Å². The third-order valence-corrected chi connectivity index (χ3v) is 11.3. The van der Waals surface area contributed by atoms with Crippen molar-refractivity contribution in [3.8, 4) is 33.4 Å². The molecule has 0 saturated heterocycles. The van der Waals surface area contributed by atoms with E-state index in [9.17, 15) is 0 Å². The lowest BCUT2D eigenvalue weighted by Gasteiger charge is -2.29. The van der Waals surface area contributed by atoms with Crippen LogP contribution < -0.4 is 4.90 Å². The Hall–Kier alpha value is -6.96. The van der Waals surface area contributed by atoms with Gasteiger partial charge >= 0.3 is 0 Å². The molecule has 10 aromatic rings. The van der Waals surface area contributed by atoms with E-state index in [1.54, 1.807) is 0 Å². The van der Waals surface area contributed by atoms with E-state index in [1.165, 1.54) is 99.0 Å². The molecular weight excluding hydrogens is 663 g/mol. The molecule has 0 atom stereocenters. The summed E-state index contributed by atoms with van der Waals surface area (Å²) in [6, 6.07) is 73.4. The lowest BCUT2D eigenvalue weighted by Crippen LogP contribution is -2.11. The molecular formula is C54H39N. The molecule has 0 bridgehead atoms. The highest BCUT2D eigenvalue weighted by atomic mass is 15.1. The van der Waals surface area contributed by atoms with Crippen LogP contribution in [0.5, 0.6) is 0 Å². The van der Waals surface area contributed by atoms with Crippen LogP contribution in [0.25, 0.3) is 76.5 Å². The molecule has 1 heteroatoms. The van der Waals surface area contributed by atoms with Crippen molar-refractivity contribution in [2.45, 2.75) is 13.8 Å². The lowest BCUT2D eigenvalue weighted by atomic mass is 9.85. The molecule has 1 nitrogen and oxygen atoms in total. The molecule has 260 valence electrons. The van der Waals surface area contributed by atoms with E-state index in [2.05, 4.69) is 219 Å². The summed E-state index contributed by atoms with van der Waals surface area (Å²) in [5, 5.41) is 10.0. The fourth-order valence-electron chi connectivity index (χ4n) is 8.68. The van der Waals surface area contributed by atoms with Crippen LogP contribution in [-0.2, 0) is 0 Å². The molecule has 0 spiro atoms. The molecule has 0 heterocycles. The maximum atomic E-state index is 2.45. The molecule has 10 rings (SSSR count). The van der Waals surface area contributed by atoms with Gasteiger partial charge in [-0.3, -0.25) is 0 Å². The van der Waals surface area contributed by atoms with Gasteiger partial charge in [-0.25, -0.2) is 0 Å². The Balaban J connectivity index is 1.17. The average molecular weight is 702 g/mol.